The molecular formula is C26H53NO2. The molecule has 0 heterocycles. The second-order valence-electron chi connectivity index (χ2n) is 9.06. The summed E-state index contributed by atoms with van der Waals surface area (Å²) in [5.74, 6) is -0.256. The van der Waals surface area contributed by atoms with Crippen LogP contribution in [0.1, 0.15) is 161 Å². The summed E-state index contributed by atoms with van der Waals surface area (Å²) in [6.45, 7) is 2.29. The Kier molecular flexibility index (Phi) is 25.0. The van der Waals surface area contributed by atoms with Gasteiger partial charge in [0.1, 0.15) is 0 Å². The highest BCUT2D eigenvalue weighted by atomic mass is 16.5. The van der Waals surface area contributed by atoms with Crippen molar-refractivity contribution >= 4 is 5.91 Å². The molecule has 29 heavy (non-hydrogen) atoms. The van der Waals surface area contributed by atoms with Gasteiger partial charge in [0.15, 0.2) is 0 Å². The van der Waals surface area contributed by atoms with Crippen LogP contribution in [0.3, 0.4) is 0 Å². The SMILES string of the molecule is CCCCCCCCCCCCCCCCCCCCCCCCCC(=O)NO. The normalized spacial score (nSPS) is 11.1. The number of rotatable bonds is 24. The Labute approximate surface area is 182 Å². The fourth-order valence-corrected chi connectivity index (χ4v) is 4.13. The zero-order valence-electron chi connectivity index (χ0n) is 19.8. The number of hydrogen-bond acceptors (Lipinski definition) is 2. The number of unbranched alkanes of at least 4 members (excludes halogenated alkanes) is 22. The lowest BCUT2D eigenvalue weighted by Crippen LogP contribution is -2.17. The van der Waals surface area contributed by atoms with Crippen molar-refractivity contribution in [2.24, 2.45) is 0 Å². The molecule has 0 saturated carbocycles. The molecule has 3 heteroatoms. The number of hydrogen-bond donors (Lipinski definition) is 2. The summed E-state index contributed by atoms with van der Waals surface area (Å²) in [6.07, 6.45) is 32.2. The molecule has 0 aliphatic carbocycles. The maximum atomic E-state index is 10.9. The minimum absolute atomic E-state index is 0.256. The Bertz CT molecular complexity index is 320. The largest absolute Gasteiger partial charge is 0.289 e. The molecule has 0 spiro atoms. The number of carbonyl (C=O) groups is 1. The van der Waals surface area contributed by atoms with E-state index in [2.05, 4.69) is 6.92 Å². The molecule has 0 aromatic heterocycles. The highest BCUT2D eigenvalue weighted by Crippen LogP contribution is 2.15. The maximum absolute atomic E-state index is 10.9. The quantitative estimate of drug-likeness (QED) is 0.0946. The van der Waals surface area contributed by atoms with Crippen molar-refractivity contribution in [1.82, 2.24) is 5.48 Å². The maximum Gasteiger partial charge on any atom is 0.243 e. The molecule has 2 N–H and O–H groups in total. The molecule has 3 nitrogen and oxygen atoms in total. The van der Waals surface area contributed by atoms with Crippen LogP contribution in [0.5, 0.6) is 0 Å². The first-order chi connectivity index (χ1) is 14.3. The van der Waals surface area contributed by atoms with Gasteiger partial charge in [0.2, 0.25) is 5.91 Å². The lowest BCUT2D eigenvalue weighted by Gasteiger charge is -2.04. The molecule has 0 saturated heterocycles. The van der Waals surface area contributed by atoms with Gasteiger partial charge >= 0.3 is 0 Å². The molecule has 174 valence electrons. The molecule has 0 radical (unpaired) electrons. The zero-order chi connectivity index (χ0) is 21.3. The van der Waals surface area contributed by atoms with E-state index in [-0.39, 0.29) is 5.91 Å². The second kappa shape index (κ2) is 25.5. The first-order valence-electron chi connectivity index (χ1n) is 13.2. The number of carbonyl (C=O) groups excluding carboxylic acids is 1. The van der Waals surface area contributed by atoms with E-state index in [4.69, 9.17) is 5.21 Å². The molecule has 0 atom stereocenters. The lowest BCUT2D eigenvalue weighted by atomic mass is 10.0. The lowest BCUT2D eigenvalue weighted by molar-refractivity contribution is -0.129. The van der Waals surface area contributed by atoms with Gasteiger partial charge in [0.05, 0.1) is 0 Å². The Morgan fingerprint density at radius 3 is 0.966 bits per heavy atom. The molecule has 0 fully saturated rings. The van der Waals surface area contributed by atoms with Crippen LogP contribution in [-0.2, 0) is 4.79 Å². The summed E-state index contributed by atoms with van der Waals surface area (Å²) >= 11 is 0. The minimum Gasteiger partial charge on any atom is -0.289 e. The van der Waals surface area contributed by atoms with E-state index in [9.17, 15) is 4.79 Å². The second-order valence-corrected chi connectivity index (χ2v) is 9.06. The first kappa shape index (κ1) is 28.4. The van der Waals surface area contributed by atoms with Crippen LogP contribution in [0.25, 0.3) is 0 Å². The molecule has 0 unspecified atom stereocenters. The molecule has 0 aromatic carbocycles. The highest BCUT2D eigenvalue weighted by Gasteiger charge is 1.98. The Morgan fingerprint density at radius 1 is 0.483 bits per heavy atom. The van der Waals surface area contributed by atoms with Gasteiger partial charge in [-0.3, -0.25) is 10.0 Å². The van der Waals surface area contributed by atoms with Crippen molar-refractivity contribution < 1.29 is 10.0 Å². The average Bonchev–Trinajstić information content (AvgIpc) is 2.74. The minimum atomic E-state index is -0.256. The van der Waals surface area contributed by atoms with Crippen LogP contribution in [0.2, 0.25) is 0 Å². The van der Waals surface area contributed by atoms with Crippen LogP contribution < -0.4 is 5.48 Å². The number of amides is 1. The summed E-state index contributed by atoms with van der Waals surface area (Å²) in [7, 11) is 0. The average molecular weight is 412 g/mol. The predicted octanol–water partition coefficient (Wildman–Crippen LogP) is 8.87. The van der Waals surface area contributed by atoms with Gasteiger partial charge in [-0.05, 0) is 6.42 Å². The predicted molar refractivity (Wildman–Crippen MR) is 126 cm³/mol. The zero-order valence-corrected chi connectivity index (χ0v) is 19.8. The summed E-state index contributed by atoms with van der Waals surface area (Å²) < 4.78 is 0. The Balaban J connectivity index is 3.01. The fraction of sp³-hybridized carbons (Fsp3) is 0.962. The van der Waals surface area contributed by atoms with Crippen molar-refractivity contribution in [2.45, 2.75) is 161 Å². The van der Waals surface area contributed by atoms with E-state index < -0.39 is 0 Å². The Morgan fingerprint density at radius 2 is 0.724 bits per heavy atom. The van der Waals surface area contributed by atoms with Gasteiger partial charge in [-0.2, -0.15) is 0 Å². The summed E-state index contributed by atoms with van der Waals surface area (Å²) in [5.41, 5.74) is 1.69. The monoisotopic (exact) mass is 411 g/mol. The van der Waals surface area contributed by atoms with Gasteiger partial charge in [-0.25, -0.2) is 5.48 Å². The van der Waals surface area contributed by atoms with E-state index in [1.807, 2.05) is 0 Å². The van der Waals surface area contributed by atoms with Crippen molar-refractivity contribution in [2.75, 3.05) is 0 Å². The van der Waals surface area contributed by atoms with Crippen LogP contribution in [0, 0.1) is 0 Å². The van der Waals surface area contributed by atoms with E-state index in [0.717, 1.165) is 12.8 Å². The van der Waals surface area contributed by atoms with Crippen molar-refractivity contribution in [3.05, 3.63) is 0 Å². The number of nitrogens with one attached hydrogen (secondary N) is 1. The molecular weight excluding hydrogens is 358 g/mol. The highest BCUT2D eigenvalue weighted by molar-refractivity contribution is 5.74. The summed E-state index contributed by atoms with van der Waals surface area (Å²) in [6, 6.07) is 0. The number of hydroxylamine groups is 1. The summed E-state index contributed by atoms with van der Waals surface area (Å²) in [5, 5.41) is 8.41. The molecule has 0 aliphatic heterocycles. The van der Waals surface area contributed by atoms with E-state index >= 15 is 0 Å². The van der Waals surface area contributed by atoms with Crippen LogP contribution in [0.4, 0.5) is 0 Å². The van der Waals surface area contributed by atoms with Crippen molar-refractivity contribution in [3.63, 3.8) is 0 Å². The van der Waals surface area contributed by atoms with Crippen molar-refractivity contribution in [1.29, 1.82) is 0 Å². The third-order valence-corrected chi connectivity index (χ3v) is 6.13. The third kappa shape index (κ3) is 25.4. The first-order valence-corrected chi connectivity index (χ1v) is 13.2. The van der Waals surface area contributed by atoms with Crippen LogP contribution >= 0.6 is 0 Å². The van der Waals surface area contributed by atoms with E-state index in [0.29, 0.717) is 6.42 Å². The molecule has 0 aliphatic rings. The fourth-order valence-electron chi connectivity index (χ4n) is 4.13. The van der Waals surface area contributed by atoms with E-state index in [1.54, 1.807) is 5.48 Å². The topological polar surface area (TPSA) is 49.3 Å². The Hall–Kier alpha value is -0.570. The standard InChI is InChI=1S/C26H53NO2/c1-2-3-4-5-6-7-8-9-10-11-12-13-14-15-16-17-18-19-20-21-22-23-24-25-26(28)27-29/h29H,2-25H2,1H3,(H,27,28). The van der Waals surface area contributed by atoms with Gasteiger partial charge in [0.25, 0.3) is 0 Å². The van der Waals surface area contributed by atoms with Crippen LogP contribution in [-0.4, -0.2) is 11.1 Å². The van der Waals surface area contributed by atoms with Gasteiger partial charge in [-0.15, -0.1) is 0 Å². The van der Waals surface area contributed by atoms with Gasteiger partial charge < -0.3 is 0 Å². The summed E-state index contributed by atoms with van der Waals surface area (Å²) in [4.78, 5) is 10.9. The van der Waals surface area contributed by atoms with Crippen LogP contribution in [0.15, 0.2) is 0 Å². The molecule has 0 bridgehead atoms. The van der Waals surface area contributed by atoms with Crippen molar-refractivity contribution in [3.8, 4) is 0 Å². The molecule has 1 amide bonds. The molecule has 0 rings (SSSR count). The molecule has 0 aromatic rings. The third-order valence-electron chi connectivity index (χ3n) is 6.13. The van der Waals surface area contributed by atoms with E-state index in [1.165, 1.54) is 135 Å². The van der Waals surface area contributed by atoms with Gasteiger partial charge in [-0.1, -0.05) is 148 Å². The van der Waals surface area contributed by atoms with Gasteiger partial charge in [0, 0.05) is 6.42 Å². The smallest absolute Gasteiger partial charge is 0.243 e.